The summed E-state index contributed by atoms with van der Waals surface area (Å²) >= 11 is 1.44. The minimum atomic E-state index is 0.0138. The molecule has 1 aliphatic rings. The number of hydrogen-bond acceptors (Lipinski definition) is 5. The van der Waals surface area contributed by atoms with Crippen LogP contribution in [0, 0.1) is 0 Å². The second kappa shape index (κ2) is 7.33. The van der Waals surface area contributed by atoms with Crippen LogP contribution in [0.4, 0.5) is 5.69 Å². The van der Waals surface area contributed by atoms with E-state index in [9.17, 15) is 4.79 Å². The van der Waals surface area contributed by atoms with Crippen LogP contribution in [0.3, 0.4) is 0 Å². The predicted octanol–water partition coefficient (Wildman–Crippen LogP) is 4.14. The maximum Gasteiger partial charge on any atom is 0.273 e. The van der Waals surface area contributed by atoms with Gasteiger partial charge in [0.1, 0.15) is 5.69 Å². The van der Waals surface area contributed by atoms with E-state index in [1.165, 1.54) is 17.0 Å². The Morgan fingerprint density at radius 2 is 1.96 bits per heavy atom. The van der Waals surface area contributed by atoms with Gasteiger partial charge in [-0.1, -0.05) is 18.2 Å². The van der Waals surface area contributed by atoms with E-state index in [2.05, 4.69) is 41.2 Å². The normalized spacial score (nSPS) is 15.2. The first-order valence-electron chi connectivity index (χ1n) is 8.79. The van der Waals surface area contributed by atoms with Gasteiger partial charge in [0.05, 0.1) is 6.26 Å². The number of furan rings is 1. The third-order valence-corrected chi connectivity index (χ3v) is 5.77. The number of likely N-dealkylation sites (tertiary alicyclic amines) is 1. The molecule has 5 nitrogen and oxygen atoms in total. The molecule has 0 radical (unpaired) electrons. The molecule has 26 heavy (non-hydrogen) atoms. The molecule has 3 heterocycles. The third kappa shape index (κ3) is 3.37. The molecule has 0 unspecified atom stereocenters. The maximum atomic E-state index is 12.8. The Bertz CT molecular complexity index is 852. The molecule has 0 spiro atoms. The number of piperidine rings is 1. The molecule has 1 amide bonds. The molecule has 1 aromatic carbocycles. The number of aromatic nitrogens is 1. The van der Waals surface area contributed by atoms with E-state index in [1.54, 1.807) is 6.26 Å². The fourth-order valence-electron chi connectivity index (χ4n) is 3.38. The summed E-state index contributed by atoms with van der Waals surface area (Å²) in [4.78, 5) is 21.4. The third-order valence-electron chi connectivity index (χ3n) is 4.92. The first kappa shape index (κ1) is 16.8. The fourth-order valence-corrected chi connectivity index (χ4v) is 4.14. The van der Waals surface area contributed by atoms with Gasteiger partial charge < -0.3 is 14.2 Å². The maximum absolute atomic E-state index is 12.8. The van der Waals surface area contributed by atoms with Gasteiger partial charge in [-0.2, -0.15) is 0 Å². The van der Waals surface area contributed by atoms with Crippen molar-refractivity contribution in [2.75, 3.05) is 25.0 Å². The summed E-state index contributed by atoms with van der Waals surface area (Å²) in [5.41, 5.74) is 1.73. The van der Waals surface area contributed by atoms with Crippen LogP contribution >= 0.6 is 11.3 Å². The van der Waals surface area contributed by atoms with Crippen molar-refractivity contribution in [3.8, 4) is 10.8 Å². The smallest absolute Gasteiger partial charge is 0.273 e. The number of carbonyl (C=O) groups excluding carboxylic acids is 1. The molecule has 0 bridgehead atoms. The number of thiazole rings is 1. The molecular weight excluding hydrogens is 346 g/mol. The first-order valence-corrected chi connectivity index (χ1v) is 9.67. The number of anilines is 1. The van der Waals surface area contributed by atoms with E-state index >= 15 is 0 Å². The molecule has 0 N–H and O–H groups in total. The largest absolute Gasteiger partial charge is 0.462 e. The van der Waals surface area contributed by atoms with Crippen molar-refractivity contribution in [1.82, 2.24) is 9.88 Å². The van der Waals surface area contributed by atoms with Crippen LogP contribution in [0.2, 0.25) is 0 Å². The number of rotatable bonds is 4. The molecule has 1 fully saturated rings. The molecule has 1 saturated heterocycles. The van der Waals surface area contributed by atoms with Crippen LogP contribution in [0.5, 0.6) is 0 Å². The lowest BCUT2D eigenvalue weighted by Crippen LogP contribution is -2.45. The summed E-state index contributed by atoms with van der Waals surface area (Å²) in [7, 11) is 2.13. The van der Waals surface area contributed by atoms with Gasteiger partial charge in [0.25, 0.3) is 5.91 Å². The lowest BCUT2D eigenvalue weighted by molar-refractivity contribution is 0.0708. The summed E-state index contributed by atoms with van der Waals surface area (Å²) in [6.07, 6.45) is 3.55. The average molecular weight is 367 g/mol. The number of para-hydroxylation sites is 1. The van der Waals surface area contributed by atoms with Crippen molar-refractivity contribution in [2.45, 2.75) is 18.9 Å². The molecule has 0 saturated carbocycles. The number of hydrogen-bond donors (Lipinski definition) is 0. The second-order valence-electron chi connectivity index (χ2n) is 6.49. The Kier molecular flexibility index (Phi) is 4.75. The Morgan fingerprint density at radius 1 is 1.19 bits per heavy atom. The minimum absolute atomic E-state index is 0.0138. The molecule has 2 aromatic heterocycles. The topological polar surface area (TPSA) is 49.6 Å². The monoisotopic (exact) mass is 367 g/mol. The van der Waals surface area contributed by atoms with E-state index in [1.807, 2.05) is 28.5 Å². The van der Waals surface area contributed by atoms with Crippen molar-refractivity contribution in [2.24, 2.45) is 0 Å². The highest BCUT2D eigenvalue weighted by atomic mass is 32.1. The van der Waals surface area contributed by atoms with Gasteiger partial charge in [0.2, 0.25) is 0 Å². The van der Waals surface area contributed by atoms with Crippen molar-refractivity contribution in [3.05, 3.63) is 59.8 Å². The molecule has 134 valence electrons. The Labute approximate surface area is 156 Å². The number of nitrogens with zero attached hydrogens (tertiary/aromatic N) is 3. The number of carbonyl (C=O) groups is 1. The molecule has 1 aliphatic heterocycles. The van der Waals surface area contributed by atoms with E-state index in [4.69, 9.17) is 4.42 Å². The number of benzene rings is 1. The van der Waals surface area contributed by atoms with Gasteiger partial charge >= 0.3 is 0 Å². The van der Waals surface area contributed by atoms with Crippen LogP contribution in [0.1, 0.15) is 23.3 Å². The first-order chi connectivity index (χ1) is 12.7. The second-order valence-corrected chi connectivity index (χ2v) is 7.34. The lowest BCUT2D eigenvalue weighted by atomic mass is 10.0. The SMILES string of the molecule is CN(c1ccccc1)C1CCN(C(=O)c2csc(-c3ccco3)n2)CC1. The predicted molar refractivity (Wildman–Crippen MR) is 104 cm³/mol. The molecule has 4 rings (SSSR count). The van der Waals surface area contributed by atoms with Gasteiger partial charge in [-0.3, -0.25) is 4.79 Å². The lowest BCUT2D eigenvalue weighted by Gasteiger charge is -2.37. The standard InChI is InChI=1S/C20H21N3O2S/c1-22(15-6-3-2-4-7-15)16-9-11-23(12-10-16)20(24)17-14-26-19(21-17)18-8-5-13-25-18/h2-8,13-14,16H,9-12H2,1H3. The van der Waals surface area contributed by atoms with E-state index in [-0.39, 0.29) is 5.91 Å². The molecule has 0 atom stereocenters. The molecule has 3 aromatic rings. The fraction of sp³-hybridized carbons (Fsp3) is 0.300. The highest BCUT2D eigenvalue weighted by Gasteiger charge is 2.27. The quantitative estimate of drug-likeness (QED) is 0.695. The van der Waals surface area contributed by atoms with Crippen LogP contribution < -0.4 is 4.90 Å². The zero-order valence-electron chi connectivity index (χ0n) is 14.7. The van der Waals surface area contributed by atoms with E-state index < -0.39 is 0 Å². The Balaban J connectivity index is 1.38. The van der Waals surface area contributed by atoms with Crippen molar-refractivity contribution in [1.29, 1.82) is 0 Å². The van der Waals surface area contributed by atoms with Crippen LogP contribution in [0.15, 0.2) is 58.5 Å². The van der Waals surface area contributed by atoms with Crippen LogP contribution in [0.25, 0.3) is 10.8 Å². The summed E-state index contributed by atoms with van der Waals surface area (Å²) in [5, 5.41) is 2.57. The molecular formula is C20H21N3O2S. The van der Waals surface area contributed by atoms with Crippen LogP contribution in [-0.4, -0.2) is 42.0 Å². The summed E-state index contributed by atoms with van der Waals surface area (Å²) < 4.78 is 5.36. The van der Waals surface area contributed by atoms with E-state index in [0.29, 0.717) is 17.5 Å². The Morgan fingerprint density at radius 3 is 2.65 bits per heavy atom. The Hall–Kier alpha value is -2.60. The highest BCUT2D eigenvalue weighted by molar-refractivity contribution is 7.13. The zero-order chi connectivity index (χ0) is 17.9. The van der Waals surface area contributed by atoms with Crippen molar-refractivity contribution >= 4 is 22.9 Å². The van der Waals surface area contributed by atoms with Gasteiger partial charge in [-0.05, 0) is 37.1 Å². The summed E-state index contributed by atoms with van der Waals surface area (Å²) in [5.74, 6) is 0.720. The molecule has 0 aliphatic carbocycles. The van der Waals surface area contributed by atoms with Crippen molar-refractivity contribution in [3.63, 3.8) is 0 Å². The van der Waals surface area contributed by atoms with Gasteiger partial charge in [0, 0.05) is 37.2 Å². The molecule has 6 heteroatoms. The summed E-state index contributed by atoms with van der Waals surface area (Å²) in [6.45, 7) is 1.52. The van der Waals surface area contributed by atoms with E-state index in [0.717, 1.165) is 30.9 Å². The highest BCUT2D eigenvalue weighted by Crippen LogP contribution is 2.26. The van der Waals surface area contributed by atoms with Crippen molar-refractivity contribution < 1.29 is 9.21 Å². The van der Waals surface area contributed by atoms with Crippen LogP contribution in [-0.2, 0) is 0 Å². The van der Waals surface area contributed by atoms with Gasteiger partial charge in [-0.25, -0.2) is 4.98 Å². The minimum Gasteiger partial charge on any atom is -0.462 e. The zero-order valence-corrected chi connectivity index (χ0v) is 15.5. The summed E-state index contributed by atoms with van der Waals surface area (Å²) in [6, 6.07) is 14.5. The van der Waals surface area contributed by atoms with Gasteiger partial charge in [-0.15, -0.1) is 11.3 Å². The van der Waals surface area contributed by atoms with Gasteiger partial charge in [0.15, 0.2) is 10.8 Å². The number of amides is 1. The average Bonchev–Trinajstić information content (AvgIpc) is 3.39.